The number of hydrogen-bond acceptors (Lipinski definition) is 2. The van der Waals surface area contributed by atoms with Gasteiger partial charge >= 0.3 is 0 Å². The molecule has 0 aromatic heterocycles. The van der Waals surface area contributed by atoms with E-state index in [4.69, 9.17) is 10.1 Å². The maximum Gasteiger partial charge on any atom is 0.284 e. The smallest absolute Gasteiger partial charge is 0.284 e. The van der Waals surface area contributed by atoms with Gasteiger partial charge in [0.15, 0.2) is 0 Å². The Morgan fingerprint density at radius 2 is 1.33 bits per heavy atom. The molecule has 0 saturated heterocycles. The quantitative estimate of drug-likeness (QED) is 0.667. The molecule has 0 bridgehead atoms. The van der Waals surface area contributed by atoms with E-state index >= 15 is 0 Å². The maximum absolute atomic E-state index is 8.05. The van der Waals surface area contributed by atoms with Crippen molar-refractivity contribution in [2.24, 2.45) is 0 Å². The molecule has 0 amide bonds. The first-order valence-corrected chi connectivity index (χ1v) is 6.83. The van der Waals surface area contributed by atoms with Crippen molar-refractivity contribution in [2.45, 2.75) is 20.0 Å². The van der Waals surface area contributed by atoms with Crippen LogP contribution in [0.2, 0.25) is 0 Å². The highest BCUT2D eigenvalue weighted by Gasteiger charge is 2.12. The number of nitrogens with zero attached hydrogens (tertiary/aromatic N) is 1. The summed E-state index contributed by atoms with van der Waals surface area (Å²) in [4.78, 5) is 1.94. The molecule has 0 fully saturated rings. The van der Waals surface area contributed by atoms with Crippen LogP contribution in [0, 0.1) is 5.41 Å². The Bertz CT molecular complexity index is 490. The fraction of sp³-hybridized carbons (Fsp3) is 0.235. The Kier molecular flexibility index (Phi) is 7.33. The van der Waals surface area contributed by atoms with Gasteiger partial charge in [-0.3, -0.25) is 5.41 Å². The van der Waals surface area contributed by atoms with Crippen LogP contribution in [0.15, 0.2) is 60.7 Å². The Morgan fingerprint density at radius 3 is 1.71 bits per heavy atom. The molecule has 0 unspecified atom stereocenters. The minimum atomic E-state index is 0. The Hall–Kier alpha value is -2.00. The molecule has 0 aliphatic rings. The topological polar surface area (TPSA) is 36.3 Å². The van der Waals surface area contributed by atoms with Gasteiger partial charge in [-0.2, -0.15) is 0 Å². The molecule has 21 heavy (non-hydrogen) atoms. The van der Waals surface area contributed by atoms with Crippen LogP contribution in [0.3, 0.4) is 0 Å². The first kappa shape index (κ1) is 17.1. The Labute approximate surface area is 132 Å². The lowest BCUT2D eigenvalue weighted by molar-refractivity contribution is 0.230. The van der Waals surface area contributed by atoms with Gasteiger partial charge < -0.3 is 9.64 Å². The standard InChI is InChI=1S/C17H20N2O.ClH/c1-2-20-17(18)19(13-15-9-5-3-6-10-15)14-16-11-7-4-8-12-16;/h3-12,18H,2,13-14H2,1H3;1H. The van der Waals surface area contributed by atoms with Crippen LogP contribution in [0.4, 0.5) is 0 Å². The highest BCUT2D eigenvalue weighted by atomic mass is 35.5. The third-order valence-electron chi connectivity index (χ3n) is 3.00. The molecular formula is C17H21ClN2O. The highest BCUT2D eigenvalue weighted by Crippen LogP contribution is 2.11. The van der Waals surface area contributed by atoms with E-state index in [-0.39, 0.29) is 18.4 Å². The first-order chi connectivity index (χ1) is 9.79. The number of nitrogens with one attached hydrogen (secondary N) is 1. The molecule has 112 valence electrons. The van der Waals surface area contributed by atoms with Crippen molar-refractivity contribution >= 4 is 18.4 Å². The molecule has 3 nitrogen and oxygen atoms in total. The van der Waals surface area contributed by atoms with E-state index in [2.05, 4.69) is 24.3 Å². The average molecular weight is 305 g/mol. The van der Waals surface area contributed by atoms with Crippen molar-refractivity contribution in [3.05, 3.63) is 71.8 Å². The third kappa shape index (κ3) is 5.48. The van der Waals surface area contributed by atoms with E-state index in [0.717, 1.165) is 0 Å². The Balaban J connectivity index is 0.00000220. The molecule has 0 aliphatic carbocycles. The average Bonchev–Trinajstić information content (AvgIpc) is 2.49. The summed E-state index contributed by atoms with van der Waals surface area (Å²) >= 11 is 0. The predicted octanol–water partition coefficient (Wildman–Crippen LogP) is 4.08. The Morgan fingerprint density at radius 1 is 0.905 bits per heavy atom. The zero-order valence-corrected chi connectivity index (χ0v) is 13.0. The van der Waals surface area contributed by atoms with Crippen molar-refractivity contribution in [3.63, 3.8) is 0 Å². The molecule has 2 rings (SSSR count). The summed E-state index contributed by atoms with van der Waals surface area (Å²) in [6.45, 7) is 3.76. The molecule has 4 heteroatoms. The van der Waals surface area contributed by atoms with Gasteiger partial charge in [0.25, 0.3) is 6.02 Å². The van der Waals surface area contributed by atoms with Gasteiger partial charge in [0.2, 0.25) is 0 Å². The number of rotatable bonds is 5. The van der Waals surface area contributed by atoms with E-state index < -0.39 is 0 Å². The SMILES string of the molecule is CCOC(=N)N(Cc1ccccc1)Cc1ccccc1.Cl. The monoisotopic (exact) mass is 304 g/mol. The van der Waals surface area contributed by atoms with Crippen molar-refractivity contribution < 1.29 is 4.74 Å². The van der Waals surface area contributed by atoms with Gasteiger partial charge in [-0.25, -0.2) is 0 Å². The molecule has 0 saturated carbocycles. The van der Waals surface area contributed by atoms with E-state index in [1.54, 1.807) is 0 Å². The minimum Gasteiger partial charge on any atom is -0.466 e. The number of halogens is 1. The summed E-state index contributed by atoms with van der Waals surface area (Å²) in [6, 6.07) is 20.5. The highest BCUT2D eigenvalue weighted by molar-refractivity contribution is 5.85. The lowest BCUT2D eigenvalue weighted by atomic mass is 10.2. The zero-order chi connectivity index (χ0) is 14.2. The predicted molar refractivity (Wildman–Crippen MR) is 88.7 cm³/mol. The fourth-order valence-corrected chi connectivity index (χ4v) is 2.04. The number of benzene rings is 2. The molecule has 2 aromatic rings. The van der Waals surface area contributed by atoms with Gasteiger partial charge in [0, 0.05) is 13.1 Å². The van der Waals surface area contributed by atoms with Gasteiger partial charge in [-0.05, 0) is 18.1 Å². The second kappa shape index (κ2) is 9.03. The molecular weight excluding hydrogens is 284 g/mol. The normalized spacial score (nSPS) is 9.57. The molecule has 0 aliphatic heterocycles. The third-order valence-corrected chi connectivity index (χ3v) is 3.00. The van der Waals surface area contributed by atoms with Crippen LogP contribution in [0.1, 0.15) is 18.1 Å². The lowest BCUT2D eigenvalue weighted by Gasteiger charge is -2.24. The van der Waals surface area contributed by atoms with Crippen molar-refractivity contribution in [1.82, 2.24) is 4.90 Å². The van der Waals surface area contributed by atoms with E-state index in [9.17, 15) is 0 Å². The van der Waals surface area contributed by atoms with Crippen LogP contribution < -0.4 is 0 Å². The lowest BCUT2D eigenvalue weighted by Crippen LogP contribution is -2.31. The maximum atomic E-state index is 8.05. The van der Waals surface area contributed by atoms with Gasteiger partial charge in [0.05, 0.1) is 6.61 Å². The number of amidine groups is 1. The molecule has 0 radical (unpaired) electrons. The summed E-state index contributed by atoms with van der Waals surface area (Å²) in [6.07, 6.45) is 0. The number of hydrogen-bond donors (Lipinski definition) is 1. The summed E-state index contributed by atoms with van der Waals surface area (Å²) in [7, 11) is 0. The second-order valence-electron chi connectivity index (χ2n) is 4.57. The van der Waals surface area contributed by atoms with Crippen LogP contribution in [0.5, 0.6) is 0 Å². The molecule has 1 N–H and O–H groups in total. The summed E-state index contributed by atoms with van der Waals surface area (Å²) in [5.41, 5.74) is 2.35. The van der Waals surface area contributed by atoms with Gasteiger partial charge in [-0.1, -0.05) is 60.7 Å². The van der Waals surface area contributed by atoms with E-state index in [0.29, 0.717) is 19.7 Å². The molecule has 0 spiro atoms. The van der Waals surface area contributed by atoms with E-state index in [1.807, 2.05) is 48.2 Å². The summed E-state index contributed by atoms with van der Waals surface area (Å²) < 4.78 is 5.36. The number of ether oxygens (including phenoxy) is 1. The second-order valence-corrected chi connectivity index (χ2v) is 4.57. The minimum absolute atomic E-state index is 0. The van der Waals surface area contributed by atoms with Crippen molar-refractivity contribution in [1.29, 1.82) is 5.41 Å². The van der Waals surface area contributed by atoms with Crippen LogP contribution >= 0.6 is 12.4 Å². The van der Waals surface area contributed by atoms with Crippen LogP contribution in [-0.4, -0.2) is 17.5 Å². The fourth-order valence-electron chi connectivity index (χ4n) is 2.04. The molecule has 2 aromatic carbocycles. The van der Waals surface area contributed by atoms with Crippen molar-refractivity contribution in [2.75, 3.05) is 6.61 Å². The van der Waals surface area contributed by atoms with Crippen LogP contribution in [-0.2, 0) is 17.8 Å². The van der Waals surface area contributed by atoms with Gasteiger partial charge in [0.1, 0.15) is 0 Å². The van der Waals surface area contributed by atoms with Crippen LogP contribution in [0.25, 0.3) is 0 Å². The van der Waals surface area contributed by atoms with Gasteiger partial charge in [-0.15, -0.1) is 12.4 Å². The van der Waals surface area contributed by atoms with Crippen molar-refractivity contribution in [3.8, 4) is 0 Å². The molecule has 0 atom stereocenters. The molecule has 0 heterocycles. The first-order valence-electron chi connectivity index (χ1n) is 6.83. The zero-order valence-electron chi connectivity index (χ0n) is 12.2. The van der Waals surface area contributed by atoms with E-state index in [1.165, 1.54) is 11.1 Å². The summed E-state index contributed by atoms with van der Waals surface area (Å²) in [5, 5.41) is 8.05. The largest absolute Gasteiger partial charge is 0.466 e. The summed E-state index contributed by atoms with van der Waals surface area (Å²) in [5.74, 6) is 0.